The van der Waals surface area contributed by atoms with Gasteiger partial charge in [-0.15, -0.1) is 0 Å². The van der Waals surface area contributed by atoms with Gasteiger partial charge in [0.05, 0.1) is 11.6 Å². The van der Waals surface area contributed by atoms with Crippen molar-refractivity contribution in [2.75, 3.05) is 11.9 Å². The topological polar surface area (TPSA) is 62.1 Å². The molecule has 2 aromatic rings. The first-order valence-electron chi connectivity index (χ1n) is 6.17. The third-order valence-electron chi connectivity index (χ3n) is 2.69. The molecule has 0 heterocycles. The van der Waals surface area contributed by atoms with Crippen LogP contribution in [0.5, 0.6) is 5.75 Å². The first-order valence-corrected chi connectivity index (χ1v) is 6.17. The molecule has 0 bridgehead atoms. The van der Waals surface area contributed by atoms with Crippen molar-refractivity contribution in [2.24, 2.45) is 0 Å². The van der Waals surface area contributed by atoms with Gasteiger partial charge in [-0.3, -0.25) is 4.79 Å². The van der Waals surface area contributed by atoms with Gasteiger partial charge in [0.1, 0.15) is 5.75 Å². The first-order chi connectivity index (χ1) is 9.67. The summed E-state index contributed by atoms with van der Waals surface area (Å²) in [7, 11) is 0. The number of nitriles is 1. The molecular weight excluding hydrogens is 252 g/mol. The van der Waals surface area contributed by atoms with Crippen molar-refractivity contribution in [1.82, 2.24) is 0 Å². The molecule has 0 fully saturated rings. The van der Waals surface area contributed by atoms with Crippen LogP contribution in [0.2, 0.25) is 0 Å². The van der Waals surface area contributed by atoms with E-state index in [2.05, 4.69) is 5.32 Å². The summed E-state index contributed by atoms with van der Waals surface area (Å²) in [6.07, 6.45) is 0. The lowest BCUT2D eigenvalue weighted by Gasteiger charge is -2.07. The summed E-state index contributed by atoms with van der Waals surface area (Å²) in [5.74, 6) is 0.335. The van der Waals surface area contributed by atoms with E-state index < -0.39 is 0 Å². The fourth-order valence-corrected chi connectivity index (χ4v) is 1.61. The molecule has 2 aromatic carbocycles. The van der Waals surface area contributed by atoms with E-state index in [0.29, 0.717) is 11.3 Å². The minimum Gasteiger partial charge on any atom is -0.484 e. The number of carbonyl (C=O) groups excluding carboxylic acids is 1. The maximum Gasteiger partial charge on any atom is 0.262 e. The van der Waals surface area contributed by atoms with Gasteiger partial charge in [0.2, 0.25) is 0 Å². The van der Waals surface area contributed by atoms with Crippen molar-refractivity contribution in [3.05, 3.63) is 59.7 Å². The monoisotopic (exact) mass is 266 g/mol. The quantitative estimate of drug-likeness (QED) is 0.925. The van der Waals surface area contributed by atoms with Crippen molar-refractivity contribution in [2.45, 2.75) is 6.92 Å². The predicted octanol–water partition coefficient (Wildman–Crippen LogP) is 2.88. The van der Waals surface area contributed by atoms with Crippen LogP contribution in [0.1, 0.15) is 11.1 Å². The number of anilines is 1. The van der Waals surface area contributed by atoms with E-state index in [1.54, 1.807) is 24.3 Å². The zero-order valence-corrected chi connectivity index (χ0v) is 11.1. The molecule has 0 atom stereocenters. The van der Waals surface area contributed by atoms with Gasteiger partial charge in [-0.1, -0.05) is 17.7 Å². The molecule has 0 aliphatic rings. The molecule has 0 aromatic heterocycles. The number of carbonyl (C=O) groups is 1. The predicted molar refractivity (Wildman–Crippen MR) is 76.5 cm³/mol. The first kappa shape index (κ1) is 13.6. The minimum atomic E-state index is -0.224. The normalized spacial score (nSPS) is 9.60. The van der Waals surface area contributed by atoms with Gasteiger partial charge < -0.3 is 10.1 Å². The third kappa shape index (κ3) is 3.85. The second-order valence-corrected chi connectivity index (χ2v) is 4.34. The van der Waals surface area contributed by atoms with Crippen molar-refractivity contribution in [3.63, 3.8) is 0 Å². The average Bonchev–Trinajstić information content (AvgIpc) is 2.48. The number of aryl methyl sites for hydroxylation is 1. The van der Waals surface area contributed by atoms with Crippen LogP contribution in [0, 0.1) is 18.3 Å². The smallest absolute Gasteiger partial charge is 0.262 e. The molecular formula is C16H14N2O2. The highest BCUT2D eigenvalue weighted by Gasteiger charge is 2.03. The molecule has 4 heteroatoms. The molecule has 0 aliphatic carbocycles. The molecule has 1 amide bonds. The maximum absolute atomic E-state index is 11.7. The average molecular weight is 266 g/mol. The lowest BCUT2D eigenvalue weighted by molar-refractivity contribution is -0.118. The van der Waals surface area contributed by atoms with E-state index in [4.69, 9.17) is 10.00 Å². The number of ether oxygens (including phenoxy) is 1. The van der Waals surface area contributed by atoms with Gasteiger partial charge in [0.25, 0.3) is 5.91 Å². The van der Waals surface area contributed by atoms with Crippen LogP contribution < -0.4 is 10.1 Å². The third-order valence-corrected chi connectivity index (χ3v) is 2.69. The molecule has 0 saturated carbocycles. The van der Waals surface area contributed by atoms with Crippen LogP contribution in [0.3, 0.4) is 0 Å². The van der Waals surface area contributed by atoms with Gasteiger partial charge in [0, 0.05) is 5.69 Å². The van der Waals surface area contributed by atoms with Crippen LogP contribution >= 0.6 is 0 Å². The Hall–Kier alpha value is -2.80. The zero-order valence-electron chi connectivity index (χ0n) is 11.1. The number of nitrogens with zero attached hydrogens (tertiary/aromatic N) is 1. The highest BCUT2D eigenvalue weighted by Crippen LogP contribution is 2.12. The second kappa shape index (κ2) is 6.39. The summed E-state index contributed by atoms with van der Waals surface area (Å²) in [6, 6.07) is 16.2. The van der Waals surface area contributed by atoms with E-state index in [9.17, 15) is 4.79 Å². The summed E-state index contributed by atoms with van der Waals surface area (Å²) in [4.78, 5) is 11.7. The van der Waals surface area contributed by atoms with E-state index in [1.165, 1.54) is 0 Å². The van der Waals surface area contributed by atoms with Gasteiger partial charge in [-0.2, -0.15) is 5.26 Å². The molecule has 0 unspecified atom stereocenters. The summed E-state index contributed by atoms with van der Waals surface area (Å²) >= 11 is 0. The van der Waals surface area contributed by atoms with Gasteiger partial charge in [-0.25, -0.2) is 0 Å². The lowest BCUT2D eigenvalue weighted by Crippen LogP contribution is -2.20. The molecule has 4 nitrogen and oxygen atoms in total. The standard InChI is InChI=1S/C16H14N2O2/c1-12-2-6-14(7-3-12)18-16(19)11-20-15-8-4-13(10-17)5-9-15/h2-9H,11H2,1H3,(H,18,19). The Balaban J connectivity index is 1.85. The molecule has 20 heavy (non-hydrogen) atoms. The fraction of sp³-hybridized carbons (Fsp3) is 0.125. The zero-order chi connectivity index (χ0) is 14.4. The van der Waals surface area contributed by atoms with Gasteiger partial charge in [-0.05, 0) is 43.3 Å². The number of nitrogens with one attached hydrogen (secondary N) is 1. The Morgan fingerprint density at radius 1 is 1.15 bits per heavy atom. The number of rotatable bonds is 4. The Morgan fingerprint density at radius 2 is 1.80 bits per heavy atom. The SMILES string of the molecule is Cc1ccc(NC(=O)COc2ccc(C#N)cc2)cc1. The van der Waals surface area contributed by atoms with Crippen molar-refractivity contribution < 1.29 is 9.53 Å². The van der Waals surface area contributed by atoms with E-state index in [1.807, 2.05) is 37.3 Å². The second-order valence-electron chi connectivity index (χ2n) is 4.34. The van der Waals surface area contributed by atoms with Crippen LogP contribution in [0.4, 0.5) is 5.69 Å². The van der Waals surface area contributed by atoms with Crippen molar-refractivity contribution in [1.29, 1.82) is 5.26 Å². The number of hydrogen-bond donors (Lipinski definition) is 1. The number of amides is 1. The minimum absolute atomic E-state index is 0.0697. The Morgan fingerprint density at radius 3 is 2.40 bits per heavy atom. The molecule has 0 radical (unpaired) electrons. The summed E-state index contributed by atoms with van der Waals surface area (Å²) in [6.45, 7) is 1.92. The molecule has 100 valence electrons. The van der Waals surface area contributed by atoms with Crippen LogP contribution in [0.15, 0.2) is 48.5 Å². The molecule has 2 rings (SSSR count). The van der Waals surface area contributed by atoms with Crippen LogP contribution in [0.25, 0.3) is 0 Å². The largest absolute Gasteiger partial charge is 0.484 e. The van der Waals surface area contributed by atoms with Crippen LogP contribution in [-0.4, -0.2) is 12.5 Å². The highest BCUT2D eigenvalue weighted by molar-refractivity contribution is 5.91. The highest BCUT2D eigenvalue weighted by atomic mass is 16.5. The Labute approximate surface area is 117 Å². The summed E-state index contributed by atoms with van der Waals surface area (Å²) in [5, 5.41) is 11.4. The van der Waals surface area contributed by atoms with Gasteiger partial charge >= 0.3 is 0 Å². The molecule has 0 aliphatic heterocycles. The Kier molecular flexibility index (Phi) is 4.35. The van der Waals surface area contributed by atoms with Crippen molar-refractivity contribution >= 4 is 11.6 Å². The van der Waals surface area contributed by atoms with Crippen LogP contribution in [-0.2, 0) is 4.79 Å². The summed E-state index contributed by atoms with van der Waals surface area (Å²) < 4.78 is 5.34. The fourth-order valence-electron chi connectivity index (χ4n) is 1.61. The Bertz CT molecular complexity index is 625. The maximum atomic E-state index is 11.7. The lowest BCUT2D eigenvalue weighted by atomic mass is 10.2. The molecule has 1 N–H and O–H groups in total. The van der Waals surface area contributed by atoms with Gasteiger partial charge in [0.15, 0.2) is 6.61 Å². The van der Waals surface area contributed by atoms with E-state index >= 15 is 0 Å². The molecule has 0 saturated heterocycles. The number of hydrogen-bond acceptors (Lipinski definition) is 3. The number of benzene rings is 2. The molecule has 0 spiro atoms. The van der Waals surface area contributed by atoms with E-state index in [-0.39, 0.29) is 12.5 Å². The summed E-state index contributed by atoms with van der Waals surface area (Å²) in [5.41, 5.74) is 2.43. The van der Waals surface area contributed by atoms with E-state index in [0.717, 1.165) is 11.3 Å². The van der Waals surface area contributed by atoms with Crippen molar-refractivity contribution in [3.8, 4) is 11.8 Å².